The van der Waals surface area contributed by atoms with Gasteiger partial charge in [0.2, 0.25) is 5.96 Å². The van der Waals surface area contributed by atoms with Gasteiger partial charge in [0.1, 0.15) is 6.04 Å². The number of rotatable bonds is 2. The van der Waals surface area contributed by atoms with Crippen molar-refractivity contribution in [2.75, 3.05) is 26.7 Å². The molecule has 0 aromatic carbocycles. The van der Waals surface area contributed by atoms with Crippen molar-refractivity contribution in [2.45, 2.75) is 25.1 Å². The summed E-state index contributed by atoms with van der Waals surface area (Å²) in [5, 5.41) is 1.52. The van der Waals surface area contributed by atoms with Crippen LogP contribution >= 0.6 is 11.8 Å². The summed E-state index contributed by atoms with van der Waals surface area (Å²) in [5.74, 6) is -0.0679. The molecule has 0 spiro atoms. The van der Waals surface area contributed by atoms with Crippen LogP contribution in [0.1, 0.15) is 12.8 Å². The summed E-state index contributed by atoms with van der Waals surface area (Å²) >= 11 is 0.646. The Labute approximate surface area is 158 Å². The molecule has 2 amide bonds. The second-order valence-electron chi connectivity index (χ2n) is 6.62. The van der Waals surface area contributed by atoms with E-state index < -0.39 is 23.4 Å². The second-order valence-corrected chi connectivity index (χ2v) is 7.63. The van der Waals surface area contributed by atoms with Crippen LogP contribution in [0.15, 0.2) is 27.7 Å². The minimum atomic E-state index is -4.50. The summed E-state index contributed by atoms with van der Waals surface area (Å²) in [6.07, 6.45) is -0.751. The molecule has 3 aliphatic heterocycles. The van der Waals surface area contributed by atoms with Gasteiger partial charge in [-0.3, -0.25) is 14.9 Å². The van der Waals surface area contributed by atoms with E-state index in [9.17, 15) is 22.8 Å². The normalized spacial score (nSPS) is 26.4. The molecule has 3 rings (SSSR count). The first-order chi connectivity index (χ1) is 12.7. The van der Waals surface area contributed by atoms with E-state index in [1.807, 2.05) is 4.90 Å². The van der Waals surface area contributed by atoms with Crippen molar-refractivity contribution < 1.29 is 22.8 Å². The van der Waals surface area contributed by atoms with Gasteiger partial charge in [-0.2, -0.15) is 13.2 Å². The molecule has 1 atom stereocenters. The molecular formula is C16H20F3N5O2S. The van der Waals surface area contributed by atoms with Crippen molar-refractivity contribution in [1.82, 2.24) is 15.1 Å². The highest BCUT2D eigenvalue weighted by molar-refractivity contribution is 8.18. The molecule has 11 heteroatoms. The fourth-order valence-corrected chi connectivity index (χ4v) is 3.91. The lowest BCUT2D eigenvalue weighted by Gasteiger charge is -2.41. The third-order valence-electron chi connectivity index (χ3n) is 4.78. The number of likely N-dealkylation sites (tertiary alicyclic amines) is 1. The second kappa shape index (κ2) is 7.55. The maximum atomic E-state index is 13.5. The smallest absolute Gasteiger partial charge is 0.342 e. The van der Waals surface area contributed by atoms with Crippen LogP contribution in [0.2, 0.25) is 0 Å². The number of nitrogens with one attached hydrogen (secondary N) is 1. The summed E-state index contributed by atoms with van der Waals surface area (Å²) in [6, 6.07) is -1.87. The number of carbonyl (C=O) groups excluding carboxylic acids is 2. The topological polar surface area (TPSA) is 91.0 Å². The summed E-state index contributed by atoms with van der Waals surface area (Å²) < 4.78 is 40.6. The Balaban J connectivity index is 1.91. The highest BCUT2D eigenvalue weighted by atomic mass is 32.2. The van der Waals surface area contributed by atoms with Crippen LogP contribution in [0.25, 0.3) is 0 Å². The third kappa shape index (κ3) is 4.29. The first-order valence-electron chi connectivity index (χ1n) is 8.49. The van der Waals surface area contributed by atoms with Gasteiger partial charge in [0.25, 0.3) is 11.1 Å². The zero-order valence-electron chi connectivity index (χ0n) is 14.6. The molecule has 0 radical (unpaired) electrons. The highest BCUT2D eigenvalue weighted by Crippen LogP contribution is 2.32. The van der Waals surface area contributed by atoms with Crippen molar-refractivity contribution in [2.24, 2.45) is 16.6 Å². The Morgan fingerprint density at radius 2 is 2.04 bits per heavy atom. The fraction of sp³-hybridized carbons (Fsp3) is 0.562. The number of allylic oxidation sites excluding steroid dienone is 1. The lowest BCUT2D eigenvalue weighted by Crippen LogP contribution is -2.55. The van der Waals surface area contributed by atoms with Crippen molar-refractivity contribution in [1.29, 1.82) is 0 Å². The number of piperidine rings is 1. The van der Waals surface area contributed by atoms with Crippen LogP contribution in [-0.4, -0.2) is 65.8 Å². The van der Waals surface area contributed by atoms with Gasteiger partial charge in [-0.15, -0.1) is 0 Å². The summed E-state index contributed by atoms with van der Waals surface area (Å²) in [4.78, 5) is 30.3. The molecule has 3 N–H and O–H groups in total. The number of carbonyl (C=O) groups is 2. The van der Waals surface area contributed by atoms with Gasteiger partial charge in [0, 0.05) is 20.1 Å². The zero-order chi connectivity index (χ0) is 19.8. The maximum absolute atomic E-state index is 13.5. The number of aliphatic imine (C=N–C) groups is 1. The Bertz CT molecular complexity index is 726. The van der Waals surface area contributed by atoms with Gasteiger partial charge in [-0.25, -0.2) is 4.99 Å². The van der Waals surface area contributed by atoms with E-state index in [1.54, 1.807) is 0 Å². The molecule has 0 aromatic rings. The van der Waals surface area contributed by atoms with Crippen molar-refractivity contribution in [3.63, 3.8) is 0 Å². The molecular weight excluding hydrogens is 383 g/mol. The largest absolute Gasteiger partial charge is 0.412 e. The summed E-state index contributed by atoms with van der Waals surface area (Å²) in [6.45, 7) is 1.68. The summed E-state index contributed by atoms with van der Waals surface area (Å²) in [5.41, 5.74) is 5.69. The van der Waals surface area contributed by atoms with Gasteiger partial charge >= 0.3 is 6.18 Å². The number of nitrogens with zero attached hydrogens (tertiary/aromatic N) is 3. The highest BCUT2D eigenvalue weighted by Gasteiger charge is 2.45. The van der Waals surface area contributed by atoms with Crippen LogP contribution in [0.4, 0.5) is 18.0 Å². The third-order valence-corrected chi connectivity index (χ3v) is 5.59. The quantitative estimate of drug-likeness (QED) is 0.682. The molecule has 27 heavy (non-hydrogen) atoms. The molecule has 1 unspecified atom stereocenters. The Hall–Kier alpha value is -2.01. The molecule has 2 saturated heterocycles. The standard InChI is InChI=1S/C16H20F3N5O2S/c1-23-12(16(17,18)19)7-10(6-11-13(25)22-15(26)27-11)21-14(23)24-4-2-9(8-20)3-5-24/h6-7,9,12H,2-5,8,20H2,1H3,(H,22,25,26). The molecule has 3 heterocycles. The molecule has 0 aromatic heterocycles. The van der Waals surface area contributed by atoms with Gasteiger partial charge in [-0.1, -0.05) is 0 Å². The minimum absolute atomic E-state index is 0.0127. The van der Waals surface area contributed by atoms with Crippen molar-refractivity contribution in [3.05, 3.63) is 22.8 Å². The summed E-state index contributed by atoms with van der Waals surface area (Å²) in [7, 11) is 1.35. The predicted octanol–water partition coefficient (Wildman–Crippen LogP) is 1.64. The van der Waals surface area contributed by atoms with E-state index in [2.05, 4.69) is 10.3 Å². The van der Waals surface area contributed by atoms with E-state index in [0.29, 0.717) is 37.3 Å². The zero-order valence-corrected chi connectivity index (χ0v) is 15.4. The predicted molar refractivity (Wildman–Crippen MR) is 95.7 cm³/mol. The lowest BCUT2D eigenvalue weighted by atomic mass is 9.97. The van der Waals surface area contributed by atoms with E-state index >= 15 is 0 Å². The molecule has 148 valence electrons. The number of thioether (sulfide) groups is 1. The number of hydrogen-bond donors (Lipinski definition) is 2. The van der Waals surface area contributed by atoms with Crippen LogP contribution in [-0.2, 0) is 4.79 Å². The lowest BCUT2D eigenvalue weighted by molar-refractivity contribution is -0.160. The van der Waals surface area contributed by atoms with Crippen molar-refractivity contribution in [3.8, 4) is 0 Å². The van der Waals surface area contributed by atoms with E-state index in [0.717, 1.165) is 23.8 Å². The molecule has 0 bridgehead atoms. The monoisotopic (exact) mass is 403 g/mol. The fourth-order valence-electron chi connectivity index (χ4n) is 3.24. The van der Waals surface area contributed by atoms with E-state index in [-0.39, 0.29) is 16.6 Å². The molecule has 0 saturated carbocycles. The first kappa shape index (κ1) is 19.7. The number of guanidine groups is 1. The van der Waals surface area contributed by atoms with Gasteiger partial charge in [-0.05, 0) is 49.2 Å². The molecule has 3 aliphatic rings. The number of alkyl halides is 3. The molecule has 0 aliphatic carbocycles. The average Bonchev–Trinajstić information content (AvgIpc) is 2.92. The van der Waals surface area contributed by atoms with Crippen LogP contribution in [0.5, 0.6) is 0 Å². The SMILES string of the molecule is CN1C(N2CCC(CN)CC2)=NC(C=C2SC(=O)NC2=O)=CC1C(F)(F)F. The molecule has 7 nitrogen and oxygen atoms in total. The first-order valence-corrected chi connectivity index (χ1v) is 9.30. The number of likely N-dealkylation sites (N-methyl/N-ethyl adjacent to an activating group) is 1. The van der Waals surface area contributed by atoms with Gasteiger partial charge in [0.05, 0.1) is 10.6 Å². The van der Waals surface area contributed by atoms with Gasteiger partial charge in [0.15, 0.2) is 0 Å². The Kier molecular flexibility index (Phi) is 5.52. The average molecular weight is 403 g/mol. The number of nitrogens with two attached hydrogens (primary N) is 1. The van der Waals surface area contributed by atoms with Crippen LogP contribution in [0.3, 0.4) is 0 Å². The van der Waals surface area contributed by atoms with Crippen molar-refractivity contribution >= 4 is 28.9 Å². The Morgan fingerprint density at radius 3 is 2.56 bits per heavy atom. The number of hydrogen-bond acceptors (Lipinski definition) is 7. The minimum Gasteiger partial charge on any atom is -0.342 e. The van der Waals surface area contributed by atoms with Crippen LogP contribution < -0.4 is 11.1 Å². The van der Waals surface area contributed by atoms with Gasteiger partial charge < -0.3 is 15.5 Å². The number of imide groups is 1. The van der Waals surface area contributed by atoms with E-state index in [1.165, 1.54) is 13.1 Å². The molecule has 2 fully saturated rings. The van der Waals surface area contributed by atoms with Crippen LogP contribution in [0, 0.1) is 5.92 Å². The number of halogens is 3. The Morgan fingerprint density at radius 1 is 1.37 bits per heavy atom. The maximum Gasteiger partial charge on any atom is 0.412 e. The van der Waals surface area contributed by atoms with E-state index in [4.69, 9.17) is 5.73 Å². The number of amides is 2.